The average Bonchev–Trinajstić information content (AvgIpc) is 2.84. The van der Waals surface area contributed by atoms with E-state index in [0.29, 0.717) is 34.9 Å². The fourth-order valence-corrected chi connectivity index (χ4v) is 3.06. The van der Waals surface area contributed by atoms with Crippen molar-refractivity contribution in [3.8, 4) is 5.75 Å². The first-order valence-electron chi connectivity index (χ1n) is 10.1. The van der Waals surface area contributed by atoms with Crippen molar-refractivity contribution < 1.29 is 14.3 Å². The number of para-hydroxylation sites is 1. The summed E-state index contributed by atoms with van der Waals surface area (Å²) >= 11 is 0. The van der Waals surface area contributed by atoms with Crippen molar-refractivity contribution in [2.24, 2.45) is 0 Å². The monoisotopic (exact) mass is 423 g/mol. The summed E-state index contributed by atoms with van der Waals surface area (Å²) in [6.07, 6.45) is 3.18. The van der Waals surface area contributed by atoms with Gasteiger partial charge in [-0.25, -0.2) is 0 Å². The van der Waals surface area contributed by atoms with Crippen LogP contribution in [0.3, 0.4) is 0 Å². The lowest BCUT2D eigenvalue weighted by molar-refractivity contribution is 0.102. The summed E-state index contributed by atoms with van der Waals surface area (Å²) in [7, 11) is 0. The second-order valence-electron chi connectivity index (χ2n) is 6.99. The molecule has 0 unspecified atom stereocenters. The highest BCUT2D eigenvalue weighted by molar-refractivity contribution is 6.12. The smallest absolute Gasteiger partial charge is 0.257 e. The highest BCUT2D eigenvalue weighted by Crippen LogP contribution is 2.20. The molecule has 0 bridgehead atoms. The van der Waals surface area contributed by atoms with Gasteiger partial charge in [-0.2, -0.15) is 0 Å². The third-order valence-electron chi connectivity index (χ3n) is 4.70. The van der Waals surface area contributed by atoms with Crippen molar-refractivity contribution in [3.63, 3.8) is 0 Å². The molecular weight excluding hydrogens is 402 g/mol. The summed E-state index contributed by atoms with van der Waals surface area (Å²) in [5.74, 6) is 0.0152. The molecule has 0 aliphatic carbocycles. The summed E-state index contributed by atoms with van der Waals surface area (Å²) in [6.45, 7) is 0.450. The molecule has 1 heterocycles. The van der Waals surface area contributed by atoms with Crippen molar-refractivity contribution in [2.75, 3.05) is 10.6 Å². The van der Waals surface area contributed by atoms with Crippen LogP contribution in [-0.4, -0.2) is 16.8 Å². The lowest BCUT2D eigenvalue weighted by Gasteiger charge is -2.12. The van der Waals surface area contributed by atoms with Gasteiger partial charge in [-0.15, -0.1) is 0 Å². The maximum Gasteiger partial charge on any atom is 0.257 e. The van der Waals surface area contributed by atoms with Gasteiger partial charge in [0.2, 0.25) is 0 Å². The molecule has 0 fully saturated rings. The number of hydrogen-bond acceptors (Lipinski definition) is 4. The zero-order chi connectivity index (χ0) is 22.2. The molecule has 32 heavy (non-hydrogen) atoms. The summed E-state index contributed by atoms with van der Waals surface area (Å²) in [6, 6.07) is 27.1. The van der Waals surface area contributed by atoms with Crippen LogP contribution in [0, 0.1) is 0 Å². The number of benzene rings is 3. The molecule has 0 saturated carbocycles. The zero-order valence-electron chi connectivity index (χ0n) is 17.2. The fraction of sp³-hybridized carbons (Fsp3) is 0.0385. The third-order valence-corrected chi connectivity index (χ3v) is 4.70. The van der Waals surface area contributed by atoms with Crippen molar-refractivity contribution in [2.45, 2.75) is 6.61 Å². The molecule has 0 saturated heterocycles. The predicted octanol–water partition coefficient (Wildman–Crippen LogP) is 5.17. The van der Waals surface area contributed by atoms with E-state index >= 15 is 0 Å². The molecule has 0 aliphatic heterocycles. The Morgan fingerprint density at radius 1 is 0.750 bits per heavy atom. The average molecular weight is 423 g/mol. The molecule has 3 aromatic carbocycles. The van der Waals surface area contributed by atoms with Crippen LogP contribution < -0.4 is 15.4 Å². The Bertz CT molecular complexity index is 1190. The van der Waals surface area contributed by atoms with Gasteiger partial charge >= 0.3 is 0 Å². The molecule has 1 aromatic heterocycles. The minimum Gasteiger partial charge on any atom is -0.489 e. The topological polar surface area (TPSA) is 80.3 Å². The van der Waals surface area contributed by atoms with Gasteiger partial charge < -0.3 is 15.4 Å². The van der Waals surface area contributed by atoms with E-state index in [2.05, 4.69) is 15.6 Å². The number of amides is 2. The van der Waals surface area contributed by atoms with Crippen LogP contribution in [0.4, 0.5) is 11.4 Å². The van der Waals surface area contributed by atoms with Crippen LogP contribution in [0.1, 0.15) is 26.3 Å². The molecule has 2 N–H and O–H groups in total. The standard InChI is InChI=1S/C26H21N3O3/c30-25(20-12-14-22(15-13-20)32-18-19-7-2-1-3-8-19)29-24-11-5-4-10-23(24)26(31)28-21-9-6-16-27-17-21/h1-17H,18H2,(H,28,31)(H,29,30). The quantitative estimate of drug-likeness (QED) is 0.430. The van der Waals surface area contributed by atoms with Gasteiger partial charge in [-0.1, -0.05) is 42.5 Å². The van der Waals surface area contributed by atoms with E-state index in [9.17, 15) is 9.59 Å². The summed E-state index contributed by atoms with van der Waals surface area (Å²) in [5.41, 5.74) is 2.87. The summed E-state index contributed by atoms with van der Waals surface area (Å²) in [4.78, 5) is 29.4. The van der Waals surface area contributed by atoms with E-state index in [0.717, 1.165) is 5.56 Å². The Kier molecular flexibility index (Phi) is 6.53. The number of nitrogens with one attached hydrogen (secondary N) is 2. The first kappa shape index (κ1) is 20.8. The Balaban J connectivity index is 1.41. The van der Waals surface area contributed by atoms with E-state index in [1.807, 2.05) is 30.3 Å². The molecule has 0 radical (unpaired) electrons. The normalized spacial score (nSPS) is 10.2. The number of ether oxygens (including phenoxy) is 1. The van der Waals surface area contributed by atoms with E-state index < -0.39 is 0 Å². The Morgan fingerprint density at radius 3 is 2.25 bits per heavy atom. The van der Waals surface area contributed by atoms with E-state index in [1.54, 1.807) is 73.1 Å². The molecule has 6 nitrogen and oxygen atoms in total. The second kappa shape index (κ2) is 10.0. The highest BCUT2D eigenvalue weighted by Gasteiger charge is 2.14. The minimum atomic E-state index is -0.335. The molecule has 6 heteroatoms. The summed E-state index contributed by atoms with van der Waals surface area (Å²) in [5, 5.41) is 5.59. The van der Waals surface area contributed by atoms with E-state index in [-0.39, 0.29) is 11.8 Å². The van der Waals surface area contributed by atoms with E-state index in [4.69, 9.17) is 4.74 Å². The Labute approximate surface area is 185 Å². The Morgan fingerprint density at radius 2 is 1.50 bits per heavy atom. The van der Waals surface area contributed by atoms with Gasteiger partial charge in [0.1, 0.15) is 12.4 Å². The van der Waals surface area contributed by atoms with Crippen LogP contribution in [0.25, 0.3) is 0 Å². The van der Waals surface area contributed by atoms with E-state index in [1.165, 1.54) is 0 Å². The maximum atomic E-state index is 12.7. The number of pyridine rings is 1. The summed E-state index contributed by atoms with van der Waals surface area (Å²) < 4.78 is 5.76. The van der Waals surface area contributed by atoms with Crippen LogP contribution >= 0.6 is 0 Å². The van der Waals surface area contributed by atoms with Crippen LogP contribution in [0.15, 0.2) is 103 Å². The van der Waals surface area contributed by atoms with Gasteiger partial charge in [-0.3, -0.25) is 14.6 Å². The lowest BCUT2D eigenvalue weighted by atomic mass is 10.1. The Hall–Kier alpha value is -4.45. The number of anilines is 2. The molecule has 4 aromatic rings. The lowest BCUT2D eigenvalue weighted by Crippen LogP contribution is -2.18. The van der Waals surface area contributed by atoms with Crippen molar-refractivity contribution in [1.82, 2.24) is 4.98 Å². The zero-order valence-corrected chi connectivity index (χ0v) is 17.2. The molecule has 4 rings (SSSR count). The van der Waals surface area contributed by atoms with Gasteiger partial charge in [0.05, 0.1) is 23.1 Å². The maximum absolute atomic E-state index is 12.7. The van der Waals surface area contributed by atoms with Crippen LogP contribution in [0.5, 0.6) is 5.75 Å². The number of carbonyl (C=O) groups is 2. The molecule has 0 atom stereocenters. The number of hydrogen-bond donors (Lipinski definition) is 2. The molecular formula is C26H21N3O3. The third kappa shape index (κ3) is 5.37. The molecule has 0 aliphatic rings. The van der Waals surface area contributed by atoms with Crippen molar-refractivity contribution in [1.29, 1.82) is 0 Å². The number of rotatable bonds is 7. The van der Waals surface area contributed by atoms with Crippen molar-refractivity contribution in [3.05, 3.63) is 120 Å². The van der Waals surface area contributed by atoms with Crippen molar-refractivity contribution >= 4 is 23.2 Å². The van der Waals surface area contributed by atoms with Gasteiger partial charge in [0.15, 0.2) is 0 Å². The number of aromatic nitrogens is 1. The first-order chi connectivity index (χ1) is 15.7. The molecule has 0 spiro atoms. The fourth-order valence-electron chi connectivity index (χ4n) is 3.06. The number of carbonyl (C=O) groups excluding carboxylic acids is 2. The van der Waals surface area contributed by atoms with Crippen LogP contribution in [-0.2, 0) is 6.61 Å². The number of nitrogens with zero attached hydrogens (tertiary/aromatic N) is 1. The highest BCUT2D eigenvalue weighted by atomic mass is 16.5. The second-order valence-corrected chi connectivity index (χ2v) is 6.99. The van der Waals surface area contributed by atoms with Gasteiger partial charge in [-0.05, 0) is 54.1 Å². The SMILES string of the molecule is O=C(Nc1ccccc1C(=O)Nc1cccnc1)c1ccc(OCc2ccccc2)cc1. The largest absolute Gasteiger partial charge is 0.489 e. The van der Waals surface area contributed by atoms with Crippen LogP contribution in [0.2, 0.25) is 0 Å². The first-order valence-corrected chi connectivity index (χ1v) is 10.1. The van der Waals surface area contributed by atoms with Gasteiger partial charge in [0, 0.05) is 11.8 Å². The minimum absolute atomic E-state index is 0.318. The van der Waals surface area contributed by atoms with Gasteiger partial charge in [0.25, 0.3) is 11.8 Å². The molecule has 2 amide bonds. The predicted molar refractivity (Wildman–Crippen MR) is 124 cm³/mol. The molecule has 158 valence electrons.